The summed E-state index contributed by atoms with van der Waals surface area (Å²) in [4.78, 5) is 14.5. The van der Waals surface area contributed by atoms with E-state index in [-0.39, 0.29) is 11.8 Å². The summed E-state index contributed by atoms with van der Waals surface area (Å²) in [6.07, 6.45) is 0.301. The molecular weight excluding hydrogens is 367 g/mol. The third-order valence-electron chi connectivity index (χ3n) is 5.87. The fourth-order valence-electron chi connectivity index (χ4n) is 4.30. The van der Waals surface area contributed by atoms with E-state index in [0.29, 0.717) is 29.8 Å². The van der Waals surface area contributed by atoms with Crippen LogP contribution in [0.2, 0.25) is 0 Å². The number of carbonyl (C=O) groups excluding carboxylic acids is 1. The quantitative estimate of drug-likeness (QED) is 0.773. The average Bonchev–Trinajstić information content (AvgIpc) is 3.35. The van der Waals surface area contributed by atoms with Crippen molar-refractivity contribution in [3.8, 4) is 5.69 Å². The molecule has 1 saturated heterocycles. The van der Waals surface area contributed by atoms with Crippen LogP contribution in [0.3, 0.4) is 0 Å². The number of fused-ring (bicyclic) bond motifs is 1. The smallest absolute Gasteiger partial charge is 0.342 e. The normalized spacial score (nSPS) is 18.2. The second-order valence-corrected chi connectivity index (χ2v) is 7.74. The minimum Gasteiger partial charge on any atom is -0.342 e. The van der Waals surface area contributed by atoms with E-state index in [2.05, 4.69) is 5.10 Å². The number of amides is 1. The molecule has 7 heteroatoms. The van der Waals surface area contributed by atoms with Crippen molar-refractivity contribution in [1.82, 2.24) is 14.7 Å². The number of benzene rings is 1. The molecular formula is C21H24F3N3O. The number of aromatic nitrogens is 2. The largest absolute Gasteiger partial charge is 0.435 e. The van der Waals surface area contributed by atoms with Gasteiger partial charge in [-0.15, -0.1) is 0 Å². The molecule has 1 fully saturated rings. The summed E-state index contributed by atoms with van der Waals surface area (Å²) in [7, 11) is 0. The monoisotopic (exact) mass is 391 g/mol. The van der Waals surface area contributed by atoms with Crippen molar-refractivity contribution in [3.63, 3.8) is 0 Å². The molecule has 1 aromatic heterocycles. The zero-order chi connectivity index (χ0) is 19.9. The standard InChI is InChI=1S/C21H24F3N3O/c1-14(20(28)26-12-4-5-13-26)15-8-10-16(11-9-15)27-18-7-3-2-6-17(18)19(25-27)21(22,23)24/h8-11,14H,2-7,12-13H2,1H3/t14-/m0/s1. The third-order valence-corrected chi connectivity index (χ3v) is 5.87. The van der Waals surface area contributed by atoms with Crippen molar-refractivity contribution < 1.29 is 18.0 Å². The van der Waals surface area contributed by atoms with Crippen LogP contribution in [-0.2, 0) is 23.8 Å². The Morgan fingerprint density at radius 1 is 1.04 bits per heavy atom. The molecule has 0 bridgehead atoms. The molecule has 0 unspecified atom stereocenters. The van der Waals surface area contributed by atoms with Crippen LogP contribution >= 0.6 is 0 Å². The molecule has 0 spiro atoms. The molecule has 1 aliphatic heterocycles. The molecule has 1 amide bonds. The highest BCUT2D eigenvalue weighted by molar-refractivity contribution is 5.83. The molecule has 150 valence electrons. The lowest BCUT2D eigenvalue weighted by atomic mass is 9.95. The lowest BCUT2D eigenvalue weighted by Crippen LogP contribution is -2.31. The highest BCUT2D eigenvalue weighted by Gasteiger charge is 2.39. The Bertz CT molecular complexity index is 864. The summed E-state index contributed by atoms with van der Waals surface area (Å²) >= 11 is 0. The molecule has 2 aliphatic rings. The number of alkyl halides is 3. The summed E-state index contributed by atoms with van der Waals surface area (Å²) in [5, 5.41) is 3.92. The summed E-state index contributed by atoms with van der Waals surface area (Å²) in [6.45, 7) is 3.50. The lowest BCUT2D eigenvalue weighted by molar-refractivity contribution is -0.142. The van der Waals surface area contributed by atoms with Crippen LogP contribution in [-0.4, -0.2) is 33.7 Å². The molecule has 2 heterocycles. The number of carbonyl (C=O) groups is 1. The fourth-order valence-corrected chi connectivity index (χ4v) is 4.30. The van der Waals surface area contributed by atoms with Crippen molar-refractivity contribution in [3.05, 3.63) is 46.8 Å². The van der Waals surface area contributed by atoms with E-state index < -0.39 is 11.9 Å². The summed E-state index contributed by atoms with van der Waals surface area (Å²) in [6, 6.07) is 7.20. The molecule has 4 rings (SSSR count). The van der Waals surface area contributed by atoms with E-state index >= 15 is 0 Å². The van der Waals surface area contributed by atoms with Gasteiger partial charge in [0.15, 0.2) is 5.69 Å². The molecule has 0 saturated carbocycles. The van der Waals surface area contributed by atoms with E-state index in [1.165, 1.54) is 4.68 Å². The summed E-state index contributed by atoms with van der Waals surface area (Å²) < 4.78 is 41.6. The van der Waals surface area contributed by atoms with Gasteiger partial charge in [0, 0.05) is 24.3 Å². The zero-order valence-corrected chi connectivity index (χ0v) is 15.9. The molecule has 1 aliphatic carbocycles. The number of hydrogen-bond acceptors (Lipinski definition) is 2. The van der Waals surface area contributed by atoms with E-state index in [0.717, 1.165) is 44.3 Å². The maximum absolute atomic E-state index is 13.4. The molecule has 1 atom stereocenters. The van der Waals surface area contributed by atoms with Gasteiger partial charge < -0.3 is 4.90 Å². The van der Waals surface area contributed by atoms with Gasteiger partial charge in [-0.05, 0) is 63.1 Å². The van der Waals surface area contributed by atoms with Gasteiger partial charge in [0.25, 0.3) is 0 Å². The van der Waals surface area contributed by atoms with Crippen LogP contribution in [0.1, 0.15) is 61.0 Å². The van der Waals surface area contributed by atoms with Crippen LogP contribution in [0.5, 0.6) is 0 Å². The summed E-state index contributed by atoms with van der Waals surface area (Å²) in [5.41, 5.74) is 1.72. The van der Waals surface area contributed by atoms with Crippen molar-refractivity contribution in [2.45, 2.75) is 57.5 Å². The van der Waals surface area contributed by atoms with Gasteiger partial charge in [-0.25, -0.2) is 4.68 Å². The number of nitrogens with zero attached hydrogens (tertiary/aromatic N) is 3. The van der Waals surface area contributed by atoms with Crippen molar-refractivity contribution in [1.29, 1.82) is 0 Å². The predicted octanol–water partition coefficient (Wildman–Crippen LogP) is 4.50. The molecule has 2 aromatic rings. The summed E-state index contributed by atoms with van der Waals surface area (Å²) in [5.74, 6) is -0.148. The van der Waals surface area contributed by atoms with E-state index in [9.17, 15) is 18.0 Å². The number of rotatable bonds is 3. The van der Waals surface area contributed by atoms with Gasteiger partial charge in [0.2, 0.25) is 5.91 Å². The number of hydrogen-bond donors (Lipinski definition) is 0. The Labute approximate surface area is 162 Å². The number of likely N-dealkylation sites (tertiary alicyclic amines) is 1. The second kappa shape index (κ2) is 7.26. The average molecular weight is 391 g/mol. The SMILES string of the molecule is C[C@H](C(=O)N1CCCC1)c1ccc(-n2nc(C(F)(F)F)c3c2CCCC3)cc1. The van der Waals surface area contributed by atoms with E-state index in [1.807, 2.05) is 24.0 Å². The van der Waals surface area contributed by atoms with Crippen LogP contribution in [0, 0.1) is 0 Å². The first-order valence-electron chi connectivity index (χ1n) is 9.93. The van der Waals surface area contributed by atoms with Crippen LogP contribution in [0.4, 0.5) is 13.2 Å². The zero-order valence-electron chi connectivity index (χ0n) is 15.9. The molecule has 28 heavy (non-hydrogen) atoms. The first kappa shape index (κ1) is 19.0. The van der Waals surface area contributed by atoms with Gasteiger partial charge in [-0.2, -0.15) is 18.3 Å². The molecule has 4 nitrogen and oxygen atoms in total. The molecule has 1 aromatic carbocycles. The second-order valence-electron chi connectivity index (χ2n) is 7.74. The van der Waals surface area contributed by atoms with Crippen molar-refractivity contribution in [2.75, 3.05) is 13.1 Å². The Hall–Kier alpha value is -2.31. The maximum Gasteiger partial charge on any atom is 0.435 e. The number of halogens is 3. The Morgan fingerprint density at radius 2 is 1.68 bits per heavy atom. The Balaban J connectivity index is 1.62. The van der Waals surface area contributed by atoms with Crippen molar-refractivity contribution >= 4 is 5.91 Å². The van der Waals surface area contributed by atoms with Crippen molar-refractivity contribution in [2.24, 2.45) is 0 Å². The van der Waals surface area contributed by atoms with E-state index in [1.54, 1.807) is 12.1 Å². The van der Waals surface area contributed by atoms with Crippen LogP contribution in [0.15, 0.2) is 24.3 Å². The van der Waals surface area contributed by atoms with Crippen LogP contribution < -0.4 is 0 Å². The maximum atomic E-state index is 13.4. The highest BCUT2D eigenvalue weighted by Crippen LogP contribution is 2.37. The first-order valence-corrected chi connectivity index (χ1v) is 9.93. The van der Waals surface area contributed by atoms with Gasteiger partial charge in [-0.3, -0.25) is 4.79 Å². The van der Waals surface area contributed by atoms with Gasteiger partial charge >= 0.3 is 6.18 Å². The fraction of sp³-hybridized carbons (Fsp3) is 0.524. The van der Waals surface area contributed by atoms with Gasteiger partial charge in [-0.1, -0.05) is 12.1 Å². The van der Waals surface area contributed by atoms with Crippen LogP contribution in [0.25, 0.3) is 5.69 Å². The minimum atomic E-state index is -4.44. The minimum absolute atomic E-state index is 0.112. The molecule has 0 radical (unpaired) electrons. The van der Waals surface area contributed by atoms with Gasteiger partial charge in [0.1, 0.15) is 0 Å². The first-order chi connectivity index (χ1) is 13.4. The Morgan fingerprint density at radius 3 is 2.32 bits per heavy atom. The topological polar surface area (TPSA) is 38.1 Å². The predicted molar refractivity (Wildman–Crippen MR) is 99.4 cm³/mol. The van der Waals surface area contributed by atoms with Gasteiger partial charge in [0.05, 0.1) is 11.6 Å². The Kier molecular flexibility index (Phi) is 4.93. The highest BCUT2D eigenvalue weighted by atomic mass is 19.4. The molecule has 0 N–H and O–H groups in total. The third kappa shape index (κ3) is 3.42. The van der Waals surface area contributed by atoms with E-state index in [4.69, 9.17) is 0 Å². The lowest BCUT2D eigenvalue weighted by Gasteiger charge is -2.21.